The predicted octanol–water partition coefficient (Wildman–Crippen LogP) is 2.44. The lowest BCUT2D eigenvalue weighted by Crippen LogP contribution is -2.44. The largest absolute Gasteiger partial charge is 0.350 e. The lowest BCUT2D eigenvalue weighted by atomic mass is 9.78. The quantitative estimate of drug-likeness (QED) is 0.923. The molecule has 5 nitrogen and oxygen atoms in total. The molecular weight excluding hydrogens is 302 g/mol. The van der Waals surface area contributed by atoms with Crippen molar-refractivity contribution in [3.05, 3.63) is 29.6 Å². The third-order valence-corrected chi connectivity index (χ3v) is 5.39. The van der Waals surface area contributed by atoms with Gasteiger partial charge < -0.3 is 10.2 Å². The monoisotopic (exact) mass is 329 g/mol. The molecule has 3 rings (SSSR count). The van der Waals surface area contributed by atoms with Crippen LogP contribution in [0, 0.1) is 18.8 Å². The number of hydrogen-bond donors (Lipinski definition) is 1. The molecule has 1 N–H and O–H groups in total. The first-order chi connectivity index (χ1) is 11.7. The summed E-state index contributed by atoms with van der Waals surface area (Å²) in [5, 5.41) is 3.01. The Morgan fingerprint density at radius 3 is 2.58 bits per heavy atom. The van der Waals surface area contributed by atoms with Crippen LogP contribution in [0.25, 0.3) is 0 Å². The van der Waals surface area contributed by atoms with Crippen LogP contribution in [0.3, 0.4) is 0 Å². The third-order valence-electron chi connectivity index (χ3n) is 5.39. The maximum atomic E-state index is 12.8. The first-order valence-electron chi connectivity index (χ1n) is 9.14. The van der Waals surface area contributed by atoms with E-state index in [9.17, 15) is 9.59 Å². The van der Waals surface area contributed by atoms with E-state index in [2.05, 4.69) is 10.3 Å². The van der Waals surface area contributed by atoms with Gasteiger partial charge in [0.15, 0.2) is 0 Å². The first kappa shape index (κ1) is 16.9. The minimum atomic E-state index is -0.184. The second kappa shape index (κ2) is 7.77. The number of pyridine rings is 1. The number of carbonyl (C=O) groups excluding carboxylic acids is 2. The molecule has 2 atom stereocenters. The molecule has 1 saturated heterocycles. The number of hydrogen-bond acceptors (Lipinski definition) is 3. The smallest absolute Gasteiger partial charge is 0.226 e. The van der Waals surface area contributed by atoms with Gasteiger partial charge in [-0.2, -0.15) is 0 Å². The van der Waals surface area contributed by atoms with E-state index in [1.54, 1.807) is 6.20 Å². The number of amides is 2. The second-order valence-electron chi connectivity index (χ2n) is 7.01. The lowest BCUT2D eigenvalue weighted by Gasteiger charge is -2.32. The molecule has 24 heavy (non-hydrogen) atoms. The van der Waals surface area contributed by atoms with Gasteiger partial charge in [0.05, 0.1) is 12.2 Å². The molecule has 1 aliphatic heterocycles. The topological polar surface area (TPSA) is 62.3 Å². The Balaban J connectivity index is 1.62. The molecule has 0 bridgehead atoms. The maximum Gasteiger partial charge on any atom is 0.226 e. The van der Waals surface area contributed by atoms with Crippen molar-refractivity contribution >= 4 is 11.8 Å². The number of rotatable bonds is 4. The van der Waals surface area contributed by atoms with Crippen molar-refractivity contribution in [3.63, 3.8) is 0 Å². The van der Waals surface area contributed by atoms with E-state index in [1.165, 1.54) is 0 Å². The van der Waals surface area contributed by atoms with Crippen LogP contribution in [0.5, 0.6) is 0 Å². The number of nitrogens with zero attached hydrogens (tertiary/aromatic N) is 2. The molecule has 130 valence electrons. The van der Waals surface area contributed by atoms with Gasteiger partial charge >= 0.3 is 0 Å². The summed E-state index contributed by atoms with van der Waals surface area (Å²) >= 11 is 0. The fourth-order valence-electron chi connectivity index (χ4n) is 3.92. The van der Waals surface area contributed by atoms with Gasteiger partial charge in [-0.05, 0) is 44.2 Å². The van der Waals surface area contributed by atoms with Gasteiger partial charge in [-0.3, -0.25) is 14.6 Å². The number of likely N-dealkylation sites (tertiary alicyclic amines) is 1. The summed E-state index contributed by atoms with van der Waals surface area (Å²) in [6, 6.07) is 3.89. The van der Waals surface area contributed by atoms with Crippen LogP contribution in [-0.2, 0) is 16.1 Å². The Bertz CT molecular complexity index is 596. The van der Waals surface area contributed by atoms with Crippen molar-refractivity contribution in [1.29, 1.82) is 0 Å². The minimum Gasteiger partial charge on any atom is -0.350 e. The summed E-state index contributed by atoms with van der Waals surface area (Å²) in [5.74, 6) is -0.115. The van der Waals surface area contributed by atoms with Gasteiger partial charge in [0.2, 0.25) is 11.8 Å². The SMILES string of the molecule is Cc1cccnc1CNC(=O)[C@@H]1CCCC[C@@H]1C(=O)N1CCCC1. The minimum absolute atomic E-state index is 0.0114. The summed E-state index contributed by atoms with van der Waals surface area (Å²) in [5.41, 5.74) is 1.97. The summed E-state index contributed by atoms with van der Waals surface area (Å²) in [7, 11) is 0. The van der Waals surface area contributed by atoms with Crippen LogP contribution in [0.1, 0.15) is 49.8 Å². The Morgan fingerprint density at radius 2 is 1.88 bits per heavy atom. The van der Waals surface area contributed by atoms with Gasteiger partial charge in [-0.1, -0.05) is 18.9 Å². The fraction of sp³-hybridized carbons (Fsp3) is 0.632. The molecule has 0 aromatic carbocycles. The highest BCUT2D eigenvalue weighted by Crippen LogP contribution is 2.32. The van der Waals surface area contributed by atoms with Crippen molar-refractivity contribution in [2.24, 2.45) is 11.8 Å². The average Bonchev–Trinajstić information content (AvgIpc) is 3.15. The predicted molar refractivity (Wildman–Crippen MR) is 92.1 cm³/mol. The van der Waals surface area contributed by atoms with Crippen molar-refractivity contribution in [1.82, 2.24) is 15.2 Å². The molecule has 0 radical (unpaired) electrons. The molecule has 1 aromatic rings. The molecule has 2 amide bonds. The molecule has 2 fully saturated rings. The van der Waals surface area contributed by atoms with Crippen molar-refractivity contribution in [2.75, 3.05) is 13.1 Å². The fourth-order valence-corrected chi connectivity index (χ4v) is 3.92. The number of carbonyl (C=O) groups is 2. The van der Waals surface area contributed by atoms with E-state index in [1.807, 2.05) is 24.0 Å². The number of aromatic nitrogens is 1. The Labute approximate surface area is 143 Å². The first-order valence-corrected chi connectivity index (χ1v) is 9.14. The van der Waals surface area contributed by atoms with Crippen molar-refractivity contribution < 1.29 is 9.59 Å². The van der Waals surface area contributed by atoms with Crippen molar-refractivity contribution in [3.8, 4) is 0 Å². The highest BCUT2D eigenvalue weighted by Gasteiger charge is 2.38. The van der Waals surface area contributed by atoms with E-state index >= 15 is 0 Å². The van der Waals surface area contributed by atoms with Crippen LogP contribution in [0.4, 0.5) is 0 Å². The molecule has 1 aliphatic carbocycles. The third kappa shape index (κ3) is 3.77. The molecule has 0 unspecified atom stereocenters. The van der Waals surface area contributed by atoms with Crippen LogP contribution in [0.15, 0.2) is 18.3 Å². The highest BCUT2D eigenvalue weighted by molar-refractivity contribution is 5.88. The summed E-state index contributed by atoms with van der Waals surface area (Å²) in [6.07, 6.45) is 7.67. The normalized spacial score (nSPS) is 24.0. The zero-order valence-electron chi connectivity index (χ0n) is 14.5. The summed E-state index contributed by atoms with van der Waals surface area (Å²) in [4.78, 5) is 31.8. The number of nitrogens with one attached hydrogen (secondary N) is 1. The molecule has 5 heteroatoms. The Hall–Kier alpha value is -1.91. The molecular formula is C19H27N3O2. The van der Waals surface area contributed by atoms with E-state index in [4.69, 9.17) is 0 Å². The van der Waals surface area contributed by atoms with Gasteiger partial charge in [-0.15, -0.1) is 0 Å². The van der Waals surface area contributed by atoms with Gasteiger partial charge in [0, 0.05) is 31.1 Å². The van der Waals surface area contributed by atoms with Gasteiger partial charge in [0.25, 0.3) is 0 Å². The van der Waals surface area contributed by atoms with E-state index in [0.717, 1.165) is 62.9 Å². The molecule has 1 saturated carbocycles. The second-order valence-corrected chi connectivity index (χ2v) is 7.01. The zero-order chi connectivity index (χ0) is 16.9. The van der Waals surface area contributed by atoms with Crippen LogP contribution in [-0.4, -0.2) is 34.8 Å². The maximum absolute atomic E-state index is 12.8. The standard InChI is InChI=1S/C19H27N3O2/c1-14-7-6-10-20-17(14)13-21-18(23)15-8-2-3-9-16(15)19(24)22-11-4-5-12-22/h6-7,10,15-16H,2-5,8-9,11-13H2,1H3,(H,21,23)/t15-,16+/m1/s1. The van der Waals surface area contributed by atoms with Gasteiger partial charge in [0.1, 0.15) is 0 Å². The van der Waals surface area contributed by atoms with E-state index < -0.39 is 0 Å². The Kier molecular flexibility index (Phi) is 5.48. The average molecular weight is 329 g/mol. The van der Waals surface area contributed by atoms with Crippen LogP contribution in [0.2, 0.25) is 0 Å². The highest BCUT2D eigenvalue weighted by atomic mass is 16.2. The zero-order valence-corrected chi connectivity index (χ0v) is 14.5. The molecule has 1 aromatic heterocycles. The lowest BCUT2D eigenvalue weighted by molar-refractivity contribution is -0.142. The van der Waals surface area contributed by atoms with Gasteiger partial charge in [-0.25, -0.2) is 0 Å². The number of aryl methyl sites for hydroxylation is 1. The van der Waals surface area contributed by atoms with E-state index in [-0.39, 0.29) is 23.7 Å². The molecule has 0 spiro atoms. The van der Waals surface area contributed by atoms with Crippen LogP contribution >= 0.6 is 0 Å². The van der Waals surface area contributed by atoms with Crippen molar-refractivity contribution in [2.45, 2.75) is 52.0 Å². The van der Waals surface area contributed by atoms with Crippen LogP contribution < -0.4 is 5.32 Å². The van der Waals surface area contributed by atoms with E-state index in [0.29, 0.717) is 6.54 Å². The summed E-state index contributed by atoms with van der Waals surface area (Å²) in [6.45, 7) is 4.15. The molecule has 2 aliphatic rings. The summed E-state index contributed by atoms with van der Waals surface area (Å²) < 4.78 is 0. The Morgan fingerprint density at radius 1 is 1.17 bits per heavy atom. The molecule has 2 heterocycles.